The standard InChI is InChI=1S/C16H19N3/c1-12-9-15(17)10-18-16(12)19-8-7-14(11-19)13-5-3-2-4-6-13/h2-6,9-10,14H,7-8,11,17H2,1H3. The Morgan fingerprint density at radius 2 is 2.05 bits per heavy atom. The molecule has 1 aliphatic heterocycles. The molecule has 1 unspecified atom stereocenters. The second kappa shape index (κ2) is 4.92. The molecule has 98 valence electrons. The van der Waals surface area contributed by atoms with Gasteiger partial charge in [-0.1, -0.05) is 30.3 Å². The van der Waals surface area contributed by atoms with Crippen molar-refractivity contribution in [1.82, 2.24) is 4.98 Å². The van der Waals surface area contributed by atoms with Gasteiger partial charge in [0.2, 0.25) is 0 Å². The zero-order valence-corrected chi connectivity index (χ0v) is 11.2. The Kier molecular flexibility index (Phi) is 3.11. The van der Waals surface area contributed by atoms with E-state index in [0.29, 0.717) is 5.92 Å². The molecule has 0 saturated carbocycles. The summed E-state index contributed by atoms with van der Waals surface area (Å²) < 4.78 is 0. The lowest BCUT2D eigenvalue weighted by Crippen LogP contribution is -2.21. The molecule has 3 rings (SSSR count). The highest BCUT2D eigenvalue weighted by Crippen LogP contribution is 2.31. The third-order valence-electron chi connectivity index (χ3n) is 3.83. The molecular formula is C16H19N3. The van der Waals surface area contributed by atoms with E-state index in [1.54, 1.807) is 6.20 Å². The monoisotopic (exact) mass is 253 g/mol. The van der Waals surface area contributed by atoms with Crippen molar-refractivity contribution in [2.75, 3.05) is 23.7 Å². The van der Waals surface area contributed by atoms with Crippen LogP contribution < -0.4 is 10.6 Å². The van der Waals surface area contributed by atoms with Crippen LogP contribution in [0.15, 0.2) is 42.6 Å². The highest BCUT2D eigenvalue weighted by molar-refractivity contribution is 5.53. The fourth-order valence-corrected chi connectivity index (χ4v) is 2.87. The van der Waals surface area contributed by atoms with Crippen LogP contribution in [-0.4, -0.2) is 18.1 Å². The number of hydrogen-bond donors (Lipinski definition) is 1. The smallest absolute Gasteiger partial charge is 0.131 e. The average Bonchev–Trinajstić information content (AvgIpc) is 2.89. The molecule has 3 nitrogen and oxygen atoms in total. The minimum Gasteiger partial charge on any atom is -0.397 e. The Hall–Kier alpha value is -2.03. The van der Waals surface area contributed by atoms with E-state index in [0.717, 1.165) is 30.2 Å². The number of rotatable bonds is 2. The zero-order valence-electron chi connectivity index (χ0n) is 11.2. The third kappa shape index (κ3) is 2.41. The molecule has 1 fully saturated rings. The molecular weight excluding hydrogens is 234 g/mol. The van der Waals surface area contributed by atoms with E-state index in [-0.39, 0.29) is 0 Å². The molecule has 0 amide bonds. The number of aryl methyl sites for hydroxylation is 1. The van der Waals surface area contributed by atoms with Crippen molar-refractivity contribution in [3.63, 3.8) is 0 Å². The summed E-state index contributed by atoms with van der Waals surface area (Å²) >= 11 is 0. The van der Waals surface area contributed by atoms with Crippen LogP contribution in [0.3, 0.4) is 0 Å². The van der Waals surface area contributed by atoms with E-state index in [2.05, 4.69) is 47.1 Å². The molecule has 2 heterocycles. The minimum atomic E-state index is 0.611. The second-order valence-corrected chi connectivity index (χ2v) is 5.25. The van der Waals surface area contributed by atoms with Gasteiger partial charge in [0.05, 0.1) is 11.9 Å². The highest BCUT2D eigenvalue weighted by Gasteiger charge is 2.25. The van der Waals surface area contributed by atoms with Gasteiger partial charge in [-0.25, -0.2) is 4.98 Å². The molecule has 0 aliphatic carbocycles. The van der Waals surface area contributed by atoms with Gasteiger partial charge in [-0.15, -0.1) is 0 Å². The first kappa shape index (κ1) is 12.0. The third-order valence-corrected chi connectivity index (χ3v) is 3.83. The largest absolute Gasteiger partial charge is 0.397 e. The van der Waals surface area contributed by atoms with Crippen LogP contribution in [-0.2, 0) is 0 Å². The molecule has 0 spiro atoms. The second-order valence-electron chi connectivity index (χ2n) is 5.25. The number of hydrogen-bond acceptors (Lipinski definition) is 3. The van der Waals surface area contributed by atoms with Crippen LogP contribution in [0.1, 0.15) is 23.5 Å². The molecule has 1 atom stereocenters. The van der Waals surface area contributed by atoms with E-state index < -0.39 is 0 Å². The number of nitrogens with zero attached hydrogens (tertiary/aromatic N) is 2. The Morgan fingerprint density at radius 3 is 2.79 bits per heavy atom. The maximum absolute atomic E-state index is 5.76. The van der Waals surface area contributed by atoms with E-state index >= 15 is 0 Å². The van der Waals surface area contributed by atoms with Crippen molar-refractivity contribution in [1.29, 1.82) is 0 Å². The lowest BCUT2D eigenvalue weighted by Gasteiger charge is -2.20. The van der Waals surface area contributed by atoms with Crippen LogP contribution in [0.2, 0.25) is 0 Å². The van der Waals surface area contributed by atoms with Crippen LogP contribution in [0.4, 0.5) is 11.5 Å². The fraction of sp³-hybridized carbons (Fsp3) is 0.312. The SMILES string of the molecule is Cc1cc(N)cnc1N1CCC(c2ccccc2)C1. The highest BCUT2D eigenvalue weighted by atomic mass is 15.2. The van der Waals surface area contributed by atoms with Crippen LogP contribution >= 0.6 is 0 Å². The maximum Gasteiger partial charge on any atom is 0.131 e. The van der Waals surface area contributed by atoms with Crippen molar-refractivity contribution < 1.29 is 0 Å². The van der Waals surface area contributed by atoms with E-state index in [9.17, 15) is 0 Å². The number of nitrogens with two attached hydrogens (primary N) is 1. The van der Waals surface area contributed by atoms with Gasteiger partial charge in [0.15, 0.2) is 0 Å². The molecule has 3 heteroatoms. The molecule has 1 aromatic heterocycles. The average molecular weight is 253 g/mol. The molecule has 1 saturated heterocycles. The van der Waals surface area contributed by atoms with Crippen LogP contribution in [0.25, 0.3) is 0 Å². The zero-order chi connectivity index (χ0) is 13.2. The summed E-state index contributed by atoms with van der Waals surface area (Å²) in [7, 11) is 0. The Labute approximate surface area is 114 Å². The van der Waals surface area contributed by atoms with Crippen molar-refractivity contribution in [3.8, 4) is 0 Å². The van der Waals surface area contributed by atoms with Crippen molar-refractivity contribution in [2.24, 2.45) is 0 Å². The number of aromatic nitrogens is 1. The Bertz CT molecular complexity index is 565. The molecule has 2 N–H and O–H groups in total. The van der Waals surface area contributed by atoms with Crippen LogP contribution in [0, 0.1) is 6.92 Å². The molecule has 19 heavy (non-hydrogen) atoms. The Balaban J connectivity index is 1.79. The van der Waals surface area contributed by atoms with Gasteiger partial charge in [0.25, 0.3) is 0 Å². The van der Waals surface area contributed by atoms with Crippen LogP contribution in [0.5, 0.6) is 0 Å². The first-order valence-corrected chi connectivity index (χ1v) is 6.76. The summed E-state index contributed by atoms with van der Waals surface area (Å²) in [6, 6.07) is 12.7. The van der Waals surface area contributed by atoms with Gasteiger partial charge < -0.3 is 10.6 Å². The van der Waals surface area contributed by atoms with Crippen molar-refractivity contribution >= 4 is 11.5 Å². The molecule has 1 aromatic carbocycles. The molecule has 0 radical (unpaired) electrons. The van der Waals surface area contributed by atoms with Gasteiger partial charge in [-0.05, 0) is 30.5 Å². The predicted octanol–water partition coefficient (Wildman–Crippen LogP) is 2.97. The summed E-state index contributed by atoms with van der Waals surface area (Å²) in [5.74, 6) is 1.69. The summed E-state index contributed by atoms with van der Waals surface area (Å²) in [5.41, 5.74) is 9.09. The molecule has 0 bridgehead atoms. The van der Waals surface area contributed by atoms with Gasteiger partial charge in [0.1, 0.15) is 5.82 Å². The van der Waals surface area contributed by atoms with E-state index in [1.165, 1.54) is 12.0 Å². The normalized spacial score (nSPS) is 18.8. The van der Waals surface area contributed by atoms with Gasteiger partial charge >= 0.3 is 0 Å². The van der Waals surface area contributed by atoms with Gasteiger partial charge in [-0.3, -0.25) is 0 Å². The maximum atomic E-state index is 5.76. The Morgan fingerprint density at radius 1 is 1.26 bits per heavy atom. The quantitative estimate of drug-likeness (QED) is 0.894. The lowest BCUT2D eigenvalue weighted by atomic mass is 9.99. The van der Waals surface area contributed by atoms with E-state index in [1.807, 2.05) is 6.07 Å². The van der Waals surface area contributed by atoms with Crippen molar-refractivity contribution in [2.45, 2.75) is 19.3 Å². The first-order valence-electron chi connectivity index (χ1n) is 6.76. The van der Waals surface area contributed by atoms with Gasteiger partial charge in [-0.2, -0.15) is 0 Å². The minimum absolute atomic E-state index is 0.611. The lowest BCUT2D eigenvalue weighted by molar-refractivity contribution is 0.774. The summed E-state index contributed by atoms with van der Waals surface area (Å²) in [6.45, 7) is 4.19. The number of anilines is 2. The van der Waals surface area contributed by atoms with Crippen molar-refractivity contribution in [3.05, 3.63) is 53.7 Å². The topological polar surface area (TPSA) is 42.1 Å². The summed E-state index contributed by atoms with van der Waals surface area (Å²) in [6.07, 6.45) is 2.94. The van der Waals surface area contributed by atoms with Gasteiger partial charge in [0, 0.05) is 19.0 Å². The summed E-state index contributed by atoms with van der Waals surface area (Å²) in [4.78, 5) is 6.86. The molecule has 2 aromatic rings. The number of pyridine rings is 1. The fourth-order valence-electron chi connectivity index (χ4n) is 2.87. The van der Waals surface area contributed by atoms with E-state index in [4.69, 9.17) is 5.73 Å². The summed E-state index contributed by atoms with van der Waals surface area (Å²) in [5, 5.41) is 0. The number of nitrogen functional groups attached to an aromatic ring is 1. The predicted molar refractivity (Wildman–Crippen MR) is 79.4 cm³/mol. The first-order chi connectivity index (χ1) is 9.24. The number of benzene rings is 1. The molecule has 1 aliphatic rings.